The van der Waals surface area contributed by atoms with Gasteiger partial charge < -0.3 is 15.2 Å². The summed E-state index contributed by atoms with van der Waals surface area (Å²) >= 11 is 3.46. The Kier molecular flexibility index (Phi) is 6.55. The highest BCUT2D eigenvalue weighted by atomic mass is 79.9. The summed E-state index contributed by atoms with van der Waals surface area (Å²) < 4.78 is 6.73. The summed E-state index contributed by atoms with van der Waals surface area (Å²) in [6, 6.07) is 5.98. The number of ether oxygens (including phenoxy) is 1. The first kappa shape index (κ1) is 14.5. The third-order valence-electron chi connectivity index (χ3n) is 2.38. The second kappa shape index (κ2) is 7.69. The zero-order valence-electron chi connectivity index (χ0n) is 10.4. The summed E-state index contributed by atoms with van der Waals surface area (Å²) in [4.78, 5) is 0. The fourth-order valence-electron chi connectivity index (χ4n) is 1.43. The van der Waals surface area contributed by atoms with Gasteiger partial charge in [0.1, 0.15) is 5.75 Å². The molecule has 0 amide bonds. The van der Waals surface area contributed by atoms with E-state index in [2.05, 4.69) is 34.2 Å². The summed E-state index contributed by atoms with van der Waals surface area (Å²) in [5.41, 5.74) is 1.13. The maximum Gasteiger partial charge on any atom is 0.123 e. The minimum absolute atomic E-state index is 0.317. The number of halogens is 1. The second-order valence-corrected chi connectivity index (χ2v) is 4.93. The first-order chi connectivity index (χ1) is 8.13. The van der Waals surface area contributed by atoms with Gasteiger partial charge in [-0.1, -0.05) is 22.9 Å². The molecule has 0 spiro atoms. The van der Waals surface area contributed by atoms with Crippen LogP contribution in [0.2, 0.25) is 0 Å². The fourth-order valence-corrected chi connectivity index (χ4v) is 1.83. The number of aliphatic hydroxyl groups excluding tert-OH is 1. The van der Waals surface area contributed by atoms with Gasteiger partial charge in [0, 0.05) is 23.0 Å². The molecule has 96 valence electrons. The first-order valence-corrected chi connectivity index (χ1v) is 6.72. The van der Waals surface area contributed by atoms with E-state index in [9.17, 15) is 5.11 Å². The Hall–Kier alpha value is -0.580. The number of hydrogen-bond acceptors (Lipinski definition) is 3. The summed E-state index contributed by atoms with van der Waals surface area (Å²) in [7, 11) is 0. The molecule has 0 aliphatic heterocycles. The van der Waals surface area contributed by atoms with Crippen molar-refractivity contribution >= 4 is 15.9 Å². The van der Waals surface area contributed by atoms with E-state index in [0.717, 1.165) is 28.9 Å². The third kappa shape index (κ3) is 5.52. The maximum atomic E-state index is 9.19. The number of aliphatic hydroxyl groups is 1. The zero-order valence-corrected chi connectivity index (χ0v) is 12.0. The van der Waals surface area contributed by atoms with Crippen molar-refractivity contribution in [2.75, 3.05) is 13.2 Å². The van der Waals surface area contributed by atoms with Crippen molar-refractivity contribution in [2.45, 2.75) is 32.9 Å². The molecule has 0 fully saturated rings. The van der Waals surface area contributed by atoms with Gasteiger partial charge in [0.2, 0.25) is 0 Å². The van der Waals surface area contributed by atoms with Crippen LogP contribution in [0.15, 0.2) is 22.7 Å². The number of rotatable bonds is 7. The Morgan fingerprint density at radius 3 is 2.88 bits per heavy atom. The predicted octanol–water partition coefficient (Wildman–Crippen LogP) is 2.71. The Labute approximate surface area is 111 Å². The molecular weight excluding hydrogens is 282 g/mol. The molecule has 17 heavy (non-hydrogen) atoms. The lowest BCUT2D eigenvalue weighted by atomic mass is 10.2. The molecule has 1 aromatic rings. The molecule has 0 saturated carbocycles. The van der Waals surface area contributed by atoms with Crippen LogP contribution in [0.3, 0.4) is 0 Å². The number of nitrogens with one attached hydrogen (secondary N) is 1. The smallest absolute Gasteiger partial charge is 0.123 e. The van der Waals surface area contributed by atoms with Gasteiger partial charge in [0.25, 0.3) is 0 Å². The quantitative estimate of drug-likeness (QED) is 0.814. The summed E-state index contributed by atoms with van der Waals surface area (Å²) in [6.45, 7) is 6.11. The van der Waals surface area contributed by atoms with E-state index in [1.807, 2.05) is 12.1 Å². The molecule has 1 aromatic carbocycles. The number of benzene rings is 1. The standard InChI is InChI=1S/C13H20BrNO2/c1-3-15-9-11-8-12(14)4-5-13(11)17-7-6-10(2)16/h4-5,8,10,15-16H,3,6-7,9H2,1-2H3. The summed E-state index contributed by atoms with van der Waals surface area (Å²) in [6.07, 6.45) is 0.333. The monoisotopic (exact) mass is 301 g/mol. The van der Waals surface area contributed by atoms with Gasteiger partial charge in [-0.3, -0.25) is 0 Å². The summed E-state index contributed by atoms with van der Waals surface area (Å²) in [5, 5.41) is 12.5. The SMILES string of the molecule is CCNCc1cc(Br)ccc1OCCC(C)O. The van der Waals surface area contributed by atoms with Gasteiger partial charge in [0.05, 0.1) is 12.7 Å². The van der Waals surface area contributed by atoms with Crippen LogP contribution in [0.5, 0.6) is 5.75 Å². The minimum atomic E-state index is -0.317. The zero-order chi connectivity index (χ0) is 12.7. The Morgan fingerprint density at radius 2 is 2.24 bits per heavy atom. The molecule has 1 atom stereocenters. The predicted molar refractivity (Wildman–Crippen MR) is 73.3 cm³/mol. The van der Waals surface area contributed by atoms with Crippen LogP contribution in [0.1, 0.15) is 25.8 Å². The average Bonchev–Trinajstić information content (AvgIpc) is 2.28. The van der Waals surface area contributed by atoms with Crippen molar-refractivity contribution in [1.29, 1.82) is 0 Å². The van der Waals surface area contributed by atoms with Crippen molar-refractivity contribution in [2.24, 2.45) is 0 Å². The van der Waals surface area contributed by atoms with E-state index in [-0.39, 0.29) is 6.10 Å². The largest absolute Gasteiger partial charge is 0.493 e. The van der Waals surface area contributed by atoms with Crippen LogP contribution >= 0.6 is 15.9 Å². The van der Waals surface area contributed by atoms with Crippen LogP contribution in [0.4, 0.5) is 0 Å². The minimum Gasteiger partial charge on any atom is -0.493 e. The van der Waals surface area contributed by atoms with Crippen LogP contribution in [-0.4, -0.2) is 24.4 Å². The highest BCUT2D eigenvalue weighted by Crippen LogP contribution is 2.23. The molecule has 0 heterocycles. The van der Waals surface area contributed by atoms with E-state index in [4.69, 9.17) is 4.74 Å². The Morgan fingerprint density at radius 1 is 1.47 bits per heavy atom. The van der Waals surface area contributed by atoms with Crippen molar-refractivity contribution in [3.8, 4) is 5.75 Å². The molecule has 4 heteroatoms. The normalized spacial score (nSPS) is 12.5. The lowest BCUT2D eigenvalue weighted by molar-refractivity contribution is 0.155. The molecule has 3 nitrogen and oxygen atoms in total. The first-order valence-electron chi connectivity index (χ1n) is 5.93. The van der Waals surface area contributed by atoms with Gasteiger partial charge >= 0.3 is 0 Å². The topological polar surface area (TPSA) is 41.5 Å². The van der Waals surface area contributed by atoms with Crippen molar-refractivity contribution < 1.29 is 9.84 Å². The molecule has 0 radical (unpaired) electrons. The second-order valence-electron chi connectivity index (χ2n) is 4.02. The van der Waals surface area contributed by atoms with Gasteiger partial charge in [-0.2, -0.15) is 0 Å². The third-order valence-corrected chi connectivity index (χ3v) is 2.87. The lowest BCUT2D eigenvalue weighted by Crippen LogP contribution is -2.14. The van der Waals surface area contributed by atoms with Crippen LogP contribution < -0.4 is 10.1 Å². The Balaban J connectivity index is 2.62. The van der Waals surface area contributed by atoms with Gasteiger partial charge in [0.15, 0.2) is 0 Å². The average molecular weight is 302 g/mol. The maximum absolute atomic E-state index is 9.19. The number of hydrogen-bond donors (Lipinski definition) is 2. The molecule has 1 unspecified atom stereocenters. The van der Waals surface area contributed by atoms with Crippen molar-refractivity contribution in [3.63, 3.8) is 0 Å². The van der Waals surface area contributed by atoms with E-state index in [0.29, 0.717) is 13.0 Å². The highest BCUT2D eigenvalue weighted by Gasteiger charge is 2.05. The van der Waals surface area contributed by atoms with Crippen molar-refractivity contribution in [1.82, 2.24) is 5.32 Å². The van der Waals surface area contributed by atoms with Crippen molar-refractivity contribution in [3.05, 3.63) is 28.2 Å². The molecule has 1 rings (SSSR count). The Bertz CT molecular complexity index is 342. The summed E-state index contributed by atoms with van der Waals surface area (Å²) in [5.74, 6) is 0.884. The molecule has 0 aliphatic carbocycles. The highest BCUT2D eigenvalue weighted by molar-refractivity contribution is 9.10. The molecule has 0 aromatic heterocycles. The molecule has 0 bridgehead atoms. The van der Waals surface area contributed by atoms with E-state index >= 15 is 0 Å². The molecule has 0 saturated heterocycles. The van der Waals surface area contributed by atoms with E-state index < -0.39 is 0 Å². The van der Waals surface area contributed by atoms with Crippen LogP contribution in [0, 0.1) is 0 Å². The van der Waals surface area contributed by atoms with E-state index in [1.54, 1.807) is 6.92 Å². The molecule has 0 aliphatic rings. The molecular formula is C13H20BrNO2. The fraction of sp³-hybridized carbons (Fsp3) is 0.538. The van der Waals surface area contributed by atoms with Gasteiger partial charge in [-0.15, -0.1) is 0 Å². The van der Waals surface area contributed by atoms with Crippen LogP contribution in [-0.2, 0) is 6.54 Å². The molecule has 2 N–H and O–H groups in total. The van der Waals surface area contributed by atoms with Crippen LogP contribution in [0.25, 0.3) is 0 Å². The lowest BCUT2D eigenvalue weighted by Gasteiger charge is -2.13. The van der Waals surface area contributed by atoms with Gasteiger partial charge in [-0.05, 0) is 31.7 Å². The van der Waals surface area contributed by atoms with Gasteiger partial charge in [-0.25, -0.2) is 0 Å². The van der Waals surface area contributed by atoms with E-state index in [1.165, 1.54) is 0 Å².